The number of carbonyl (C=O) groups is 2. The summed E-state index contributed by atoms with van der Waals surface area (Å²) < 4.78 is 33.5. The lowest BCUT2D eigenvalue weighted by Crippen LogP contribution is -2.40. The van der Waals surface area contributed by atoms with E-state index in [0.29, 0.717) is 35.7 Å². The van der Waals surface area contributed by atoms with E-state index in [1.807, 2.05) is 0 Å². The van der Waals surface area contributed by atoms with Gasteiger partial charge in [-0.2, -0.15) is 0 Å². The number of amides is 1. The standard InChI is InChI=1S/C23H26N2O5S/c1-30-21-11-3-2-10-20(21)25-31(28,29)19-9-5-8-18(14-19)24-23(27)17-12-15-6-4-7-16(13-17)22(15)26/h2-3,5,8-11,14-17,25H,4,6-7,12-13H2,1H3,(H,24,27). The van der Waals surface area contributed by atoms with Gasteiger partial charge in [0.05, 0.1) is 17.7 Å². The number of ketones is 1. The minimum Gasteiger partial charge on any atom is -0.495 e. The van der Waals surface area contributed by atoms with Crippen molar-refractivity contribution < 1.29 is 22.7 Å². The Morgan fingerprint density at radius 2 is 1.74 bits per heavy atom. The fourth-order valence-corrected chi connectivity index (χ4v) is 5.73. The van der Waals surface area contributed by atoms with Crippen molar-refractivity contribution in [3.05, 3.63) is 48.5 Å². The van der Waals surface area contributed by atoms with Gasteiger partial charge in [0.15, 0.2) is 0 Å². The first kappa shape index (κ1) is 21.4. The molecule has 0 heterocycles. The lowest BCUT2D eigenvalue weighted by Gasteiger charge is -2.36. The van der Waals surface area contributed by atoms with E-state index in [-0.39, 0.29) is 28.6 Å². The number of hydrogen-bond acceptors (Lipinski definition) is 5. The van der Waals surface area contributed by atoms with Crippen molar-refractivity contribution in [3.8, 4) is 5.75 Å². The normalized spacial score (nSPS) is 23.1. The van der Waals surface area contributed by atoms with Gasteiger partial charge in [-0.15, -0.1) is 0 Å². The number of hydrogen-bond donors (Lipinski definition) is 2. The van der Waals surface area contributed by atoms with Gasteiger partial charge in [-0.3, -0.25) is 14.3 Å². The maximum atomic E-state index is 12.9. The molecule has 0 aliphatic heterocycles. The van der Waals surface area contributed by atoms with Crippen LogP contribution in [-0.2, 0) is 19.6 Å². The van der Waals surface area contributed by atoms with E-state index in [9.17, 15) is 18.0 Å². The number of rotatable bonds is 6. The quantitative estimate of drug-likeness (QED) is 0.708. The van der Waals surface area contributed by atoms with Gasteiger partial charge >= 0.3 is 0 Å². The minimum absolute atomic E-state index is 0.0139. The van der Waals surface area contributed by atoms with Crippen LogP contribution in [0.3, 0.4) is 0 Å². The molecule has 0 saturated heterocycles. The van der Waals surface area contributed by atoms with Crippen molar-refractivity contribution >= 4 is 33.1 Å². The van der Waals surface area contributed by atoms with Crippen LogP contribution in [0.25, 0.3) is 0 Å². The molecular weight excluding hydrogens is 416 g/mol. The summed E-state index contributed by atoms with van der Waals surface area (Å²) in [6.07, 6.45) is 3.93. The van der Waals surface area contributed by atoms with Crippen LogP contribution < -0.4 is 14.8 Å². The second-order valence-electron chi connectivity index (χ2n) is 8.22. The Labute approximate surface area is 182 Å². The van der Waals surface area contributed by atoms with Crippen molar-refractivity contribution in [1.82, 2.24) is 0 Å². The van der Waals surface area contributed by atoms with Crippen LogP contribution >= 0.6 is 0 Å². The zero-order valence-corrected chi connectivity index (χ0v) is 18.2. The van der Waals surface area contributed by atoms with E-state index >= 15 is 0 Å². The van der Waals surface area contributed by atoms with Crippen molar-refractivity contribution in [2.45, 2.75) is 37.0 Å². The van der Waals surface area contributed by atoms with Gasteiger partial charge < -0.3 is 10.1 Å². The summed E-state index contributed by atoms with van der Waals surface area (Å²) >= 11 is 0. The maximum absolute atomic E-state index is 12.9. The van der Waals surface area contributed by atoms with Crippen molar-refractivity contribution in [2.75, 3.05) is 17.1 Å². The van der Waals surface area contributed by atoms with Gasteiger partial charge in [0.2, 0.25) is 5.91 Å². The third-order valence-electron chi connectivity index (χ3n) is 6.18. The van der Waals surface area contributed by atoms with Crippen LogP contribution in [0.1, 0.15) is 32.1 Å². The average Bonchev–Trinajstić information content (AvgIpc) is 2.74. The third kappa shape index (κ3) is 4.58. The second kappa shape index (κ2) is 8.70. The van der Waals surface area contributed by atoms with Gasteiger partial charge in [-0.25, -0.2) is 8.42 Å². The van der Waals surface area contributed by atoms with Gasteiger partial charge in [-0.05, 0) is 56.0 Å². The van der Waals surface area contributed by atoms with Crippen molar-refractivity contribution in [1.29, 1.82) is 0 Å². The molecule has 2 aromatic rings. The van der Waals surface area contributed by atoms with Crippen LogP contribution in [0.2, 0.25) is 0 Å². The molecule has 1 amide bonds. The van der Waals surface area contributed by atoms with Gasteiger partial charge in [-0.1, -0.05) is 24.6 Å². The van der Waals surface area contributed by atoms with E-state index in [1.54, 1.807) is 36.4 Å². The summed E-state index contributed by atoms with van der Waals surface area (Å²) in [7, 11) is -2.41. The molecule has 0 aromatic heterocycles. The number of sulfonamides is 1. The highest BCUT2D eigenvalue weighted by Gasteiger charge is 2.41. The largest absolute Gasteiger partial charge is 0.495 e. The number of fused-ring (bicyclic) bond motifs is 2. The monoisotopic (exact) mass is 442 g/mol. The fourth-order valence-electron chi connectivity index (χ4n) is 4.61. The Bertz CT molecular complexity index is 1080. The summed E-state index contributed by atoms with van der Waals surface area (Å²) in [5, 5.41) is 2.85. The predicted octanol–water partition coefficient (Wildman–Crippen LogP) is 3.83. The second-order valence-corrected chi connectivity index (χ2v) is 9.90. The average molecular weight is 443 g/mol. The van der Waals surface area contributed by atoms with Gasteiger partial charge in [0.25, 0.3) is 10.0 Å². The molecule has 0 radical (unpaired) electrons. The molecule has 2 aliphatic carbocycles. The molecule has 2 N–H and O–H groups in total. The molecule has 8 heteroatoms. The number of benzene rings is 2. The van der Waals surface area contributed by atoms with Crippen LogP contribution in [-0.4, -0.2) is 27.2 Å². The number of carbonyl (C=O) groups excluding carboxylic acids is 2. The molecule has 0 spiro atoms. The highest BCUT2D eigenvalue weighted by atomic mass is 32.2. The van der Waals surface area contributed by atoms with Crippen LogP contribution in [0.15, 0.2) is 53.4 Å². The number of Topliss-reactive ketones (excluding diaryl/α,β-unsaturated/α-hetero) is 1. The van der Waals surface area contributed by atoms with Crippen molar-refractivity contribution in [3.63, 3.8) is 0 Å². The minimum atomic E-state index is -3.87. The zero-order valence-electron chi connectivity index (χ0n) is 17.3. The molecule has 7 nitrogen and oxygen atoms in total. The third-order valence-corrected chi connectivity index (χ3v) is 7.55. The first-order valence-electron chi connectivity index (χ1n) is 10.5. The van der Waals surface area contributed by atoms with Crippen LogP contribution in [0.5, 0.6) is 5.75 Å². The molecule has 31 heavy (non-hydrogen) atoms. The van der Waals surface area contributed by atoms with Crippen molar-refractivity contribution in [2.24, 2.45) is 17.8 Å². The van der Waals surface area contributed by atoms with E-state index in [4.69, 9.17) is 4.74 Å². The number of anilines is 2. The topological polar surface area (TPSA) is 102 Å². The first-order chi connectivity index (χ1) is 14.9. The molecule has 2 aliphatic rings. The number of para-hydroxylation sites is 2. The Balaban J connectivity index is 1.48. The fraction of sp³-hybridized carbons (Fsp3) is 0.391. The van der Waals surface area contributed by atoms with Crippen LogP contribution in [0.4, 0.5) is 11.4 Å². The SMILES string of the molecule is COc1ccccc1NS(=O)(=O)c1cccc(NC(=O)C2CC3CCCC(C2)C3=O)c1. The first-order valence-corrected chi connectivity index (χ1v) is 12.0. The highest BCUT2D eigenvalue weighted by molar-refractivity contribution is 7.92. The molecule has 164 valence electrons. The Hall–Kier alpha value is -2.87. The Kier molecular flexibility index (Phi) is 6.00. The van der Waals surface area contributed by atoms with Gasteiger partial charge in [0, 0.05) is 23.4 Å². The lowest BCUT2D eigenvalue weighted by atomic mass is 9.67. The lowest BCUT2D eigenvalue weighted by molar-refractivity contribution is -0.136. The van der Waals surface area contributed by atoms with E-state index < -0.39 is 10.0 Å². The van der Waals surface area contributed by atoms with Crippen LogP contribution in [0, 0.1) is 17.8 Å². The zero-order chi connectivity index (χ0) is 22.0. The summed E-state index contributed by atoms with van der Waals surface area (Å²) in [6, 6.07) is 12.9. The summed E-state index contributed by atoms with van der Waals surface area (Å²) in [6.45, 7) is 0. The highest BCUT2D eigenvalue weighted by Crippen LogP contribution is 2.40. The summed E-state index contributed by atoms with van der Waals surface area (Å²) in [5.74, 6) is 0.315. The molecule has 2 atom stereocenters. The van der Waals surface area contributed by atoms with E-state index in [0.717, 1.165) is 19.3 Å². The van der Waals surface area contributed by atoms with E-state index in [1.165, 1.54) is 19.2 Å². The smallest absolute Gasteiger partial charge is 0.262 e. The molecule has 2 saturated carbocycles. The molecular formula is C23H26N2O5S. The molecule has 2 unspecified atom stereocenters. The number of nitrogens with one attached hydrogen (secondary N) is 2. The number of ether oxygens (including phenoxy) is 1. The maximum Gasteiger partial charge on any atom is 0.262 e. The molecule has 2 fully saturated rings. The van der Waals surface area contributed by atoms with Gasteiger partial charge in [0.1, 0.15) is 11.5 Å². The molecule has 2 aromatic carbocycles. The summed E-state index contributed by atoms with van der Waals surface area (Å²) in [5.41, 5.74) is 0.743. The molecule has 2 bridgehead atoms. The van der Waals surface area contributed by atoms with E-state index in [2.05, 4.69) is 10.0 Å². The Morgan fingerprint density at radius 1 is 1.03 bits per heavy atom. The Morgan fingerprint density at radius 3 is 2.45 bits per heavy atom. The molecule has 4 rings (SSSR count). The summed E-state index contributed by atoms with van der Waals surface area (Å²) in [4.78, 5) is 25.1. The predicted molar refractivity (Wildman–Crippen MR) is 117 cm³/mol. The number of methoxy groups -OCH3 is 1.